The first kappa shape index (κ1) is 19.4. The van der Waals surface area contributed by atoms with Crippen molar-refractivity contribution >= 4 is 11.0 Å². The zero-order valence-corrected chi connectivity index (χ0v) is 17.4. The summed E-state index contributed by atoms with van der Waals surface area (Å²) in [5, 5.41) is 10.3. The number of aryl methyl sites for hydroxylation is 2. The van der Waals surface area contributed by atoms with Crippen molar-refractivity contribution in [1.29, 1.82) is 5.26 Å². The van der Waals surface area contributed by atoms with Crippen molar-refractivity contribution in [2.45, 2.75) is 26.7 Å². The van der Waals surface area contributed by atoms with E-state index >= 15 is 0 Å². The molecule has 3 aromatic rings. The summed E-state index contributed by atoms with van der Waals surface area (Å²) in [6, 6.07) is 10.2. The maximum absolute atomic E-state index is 9.31. The van der Waals surface area contributed by atoms with Gasteiger partial charge in [-0.1, -0.05) is 6.92 Å². The third-order valence-electron chi connectivity index (χ3n) is 5.87. The van der Waals surface area contributed by atoms with E-state index < -0.39 is 0 Å². The lowest BCUT2D eigenvalue weighted by Crippen LogP contribution is -2.20. The molecule has 4 rings (SSSR count). The van der Waals surface area contributed by atoms with Crippen molar-refractivity contribution < 1.29 is 4.74 Å². The van der Waals surface area contributed by atoms with Gasteiger partial charge in [-0.2, -0.15) is 5.26 Å². The van der Waals surface area contributed by atoms with E-state index in [9.17, 15) is 5.26 Å². The van der Waals surface area contributed by atoms with Crippen LogP contribution in [0.5, 0.6) is 5.75 Å². The lowest BCUT2D eigenvalue weighted by atomic mass is 10.0. The number of nitrogens with zero attached hydrogens (tertiary/aromatic N) is 5. The van der Waals surface area contributed by atoms with Crippen molar-refractivity contribution in [3.8, 4) is 23.1 Å². The molecule has 0 radical (unpaired) electrons. The predicted octanol–water partition coefficient (Wildman–Crippen LogP) is 3.93. The van der Waals surface area contributed by atoms with Crippen molar-refractivity contribution in [3.05, 3.63) is 41.9 Å². The Morgan fingerprint density at radius 3 is 2.86 bits per heavy atom. The largest absolute Gasteiger partial charge is 0.493 e. The molecule has 2 aromatic heterocycles. The van der Waals surface area contributed by atoms with Crippen LogP contribution in [-0.2, 0) is 7.05 Å². The predicted molar refractivity (Wildman–Crippen MR) is 114 cm³/mol. The molecular weight excluding hydrogens is 362 g/mol. The number of likely N-dealkylation sites (tertiary alicyclic amines) is 1. The van der Waals surface area contributed by atoms with Gasteiger partial charge in [0, 0.05) is 30.7 Å². The number of nitriles is 1. The second-order valence-corrected chi connectivity index (χ2v) is 7.84. The Labute approximate surface area is 171 Å². The van der Waals surface area contributed by atoms with Crippen LogP contribution in [0.2, 0.25) is 0 Å². The van der Waals surface area contributed by atoms with Crippen LogP contribution in [0, 0.1) is 24.2 Å². The first-order valence-electron chi connectivity index (χ1n) is 10.3. The number of hydrogen-bond acceptors (Lipinski definition) is 5. The Morgan fingerprint density at radius 1 is 1.28 bits per heavy atom. The molecule has 1 fully saturated rings. The maximum atomic E-state index is 9.31. The highest BCUT2D eigenvalue weighted by atomic mass is 16.5. The van der Waals surface area contributed by atoms with Gasteiger partial charge in [0.1, 0.15) is 17.5 Å². The molecule has 0 N–H and O–H groups in total. The molecule has 6 heteroatoms. The number of aromatic nitrogens is 3. The van der Waals surface area contributed by atoms with Gasteiger partial charge in [0.05, 0.1) is 12.3 Å². The van der Waals surface area contributed by atoms with Gasteiger partial charge < -0.3 is 14.2 Å². The summed E-state index contributed by atoms with van der Waals surface area (Å²) >= 11 is 0. The number of rotatable bonds is 6. The van der Waals surface area contributed by atoms with Crippen molar-refractivity contribution in [2.24, 2.45) is 13.0 Å². The maximum Gasteiger partial charge on any atom is 0.234 e. The second-order valence-electron chi connectivity index (χ2n) is 7.84. The summed E-state index contributed by atoms with van der Waals surface area (Å²) in [6.07, 6.45) is 4.31. The van der Waals surface area contributed by atoms with E-state index in [1.165, 1.54) is 19.5 Å². The first-order valence-corrected chi connectivity index (χ1v) is 10.3. The van der Waals surface area contributed by atoms with Crippen LogP contribution < -0.4 is 4.74 Å². The van der Waals surface area contributed by atoms with E-state index in [1.54, 1.807) is 0 Å². The van der Waals surface area contributed by atoms with E-state index in [0.717, 1.165) is 59.1 Å². The summed E-state index contributed by atoms with van der Waals surface area (Å²) in [5.74, 6) is 1.84. The van der Waals surface area contributed by atoms with Gasteiger partial charge >= 0.3 is 0 Å². The highest BCUT2D eigenvalue weighted by molar-refractivity contribution is 5.91. The molecule has 29 heavy (non-hydrogen) atoms. The quantitative estimate of drug-likeness (QED) is 0.639. The molecule has 150 valence electrons. The van der Waals surface area contributed by atoms with Crippen LogP contribution in [0.25, 0.3) is 22.3 Å². The topological polar surface area (TPSA) is 67.0 Å². The minimum Gasteiger partial charge on any atom is -0.493 e. The molecule has 0 aliphatic carbocycles. The van der Waals surface area contributed by atoms with Crippen molar-refractivity contribution in [2.75, 3.05) is 26.2 Å². The highest BCUT2D eigenvalue weighted by Gasteiger charge is 2.21. The molecule has 1 aliphatic rings. The molecule has 1 aliphatic heterocycles. The second kappa shape index (κ2) is 8.22. The molecule has 0 bridgehead atoms. The number of hydrogen-bond donors (Lipinski definition) is 0. The Bertz CT molecular complexity index is 1070. The van der Waals surface area contributed by atoms with E-state index in [1.807, 2.05) is 36.0 Å². The van der Waals surface area contributed by atoms with Crippen LogP contribution in [0.4, 0.5) is 0 Å². The fraction of sp³-hybridized carbons (Fsp3) is 0.435. The molecule has 3 heterocycles. The van der Waals surface area contributed by atoms with E-state index in [0.29, 0.717) is 0 Å². The molecule has 1 saturated heterocycles. The van der Waals surface area contributed by atoms with Gasteiger partial charge in [0.2, 0.25) is 5.82 Å². The van der Waals surface area contributed by atoms with Crippen LogP contribution in [0.15, 0.2) is 30.5 Å². The van der Waals surface area contributed by atoms with Crippen LogP contribution in [0.3, 0.4) is 0 Å². The molecule has 1 atom stereocenters. The van der Waals surface area contributed by atoms with Gasteiger partial charge in [-0.25, -0.2) is 9.97 Å². The van der Waals surface area contributed by atoms with Crippen molar-refractivity contribution in [1.82, 2.24) is 19.4 Å². The van der Waals surface area contributed by atoms with Gasteiger partial charge in [0.25, 0.3) is 0 Å². The monoisotopic (exact) mass is 389 g/mol. The Morgan fingerprint density at radius 2 is 2.14 bits per heavy atom. The lowest BCUT2D eigenvalue weighted by Gasteiger charge is -2.15. The van der Waals surface area contributed by atoms with Gasteiger partial charge in [0.15, 0.2) is 0 Å². The van der Waals surface area contributed by atoms with Crippen LogP contribution in [-0.4, -0.2) is 45.7 Å². The smallest absolute Gasteiger partial charge is 0.234 e. The molecule has 1 unspecified atom stereocenters. The number of ether oxygens (including phenoxy) is 1. The van der Waals surface area contributed by atoms with Crippen molar-refractivity contribution in [3.63, 3.8) is 0 Å². The minimum atomic E-state index is 0.185. The normalized spacial score (nSPS) is 17.0. The summed E-state index contributed by atoms with van der Waals surface area (Å²) in [5.41, 5.74) is 3.60. The fourth-order valence-corrected chi connectivity index (χ4v) is 4.14. The van der Waals surface area contributed by atoms with E-state index in [4.69, 9.17) is 4.74 Å². The standard InChI is InChI=1S/C23H27N5O/c1-4-28-11-7-17(15-28)9-12-29-20-6-5-18(13-16(20)2)22-19-8-10-27(3)23(19)26-21(14-24)25-22/h5-6,8,10,13,17H,4,7,9,11-12,15H2,1-3H3. The Balaban J connectivity index is 1.51. The Hall–Kier alpha value is -2.91. The molecule has 1 aromatic carbocycles. The van der Waals surface area contributed by atoms with Crippen LogP contribution >= 0.6 is 0 Å². The zero-order valence-electron chi connectivity index (χ0n) is 17.4. The Kier molecular flexibility index (Phi) is 5.50. The number of benzene rings is 1. The van der Waals surface area contributed by atoms with E-state index in [-0.39, 0.29) is 5.82 Å². The van der Waals surface area contributed by atoms with Crippen LogP contribution in [0.1, 0.15) is 31.2 Å². The summed E-state index contributed by atoms with van der Waals surface area (Å²) < 4.78 is 8.00. The third kappa shape index (κ3) is 3.96. The zero-order chi connectivity index (χ0) is 20.4. The van der Waals surface area contributed by atoms with Gasteiger partial charge in [-0.3, -0.25) is 0 Å². The summed E-state index contributed by atoms with van der Waals surface area (Å²) in [7, 11) is 1.92. The summed E-state index contributed by atoms with van der Waals surface area (Å²) in [6.45, 7) is 8.58. The third-order valence-corrected chi connectivity index (χ3v) is 5.87. The lowest BCUT2D eigenvalue weighted by molar-refractivity contribution is 0.269. The SMILES string of the molecule is CCN1CCC(CCOc2ccc(-c3nc(C#N)nc4c3ccn4C)cc2C)C1. The minimum absolute atomic E-state index is 0.185. The van der Waals surface area contributed by atoms with Gasteiger partial charge in [-0.05, 0) is 68.6 Å². The fourth-order valence-electron chi connectivity index (χ4n) is 4.14. The average Bonchev–Trinajstić information content (AvgIpc) is 3.35. The molecule has 0 spiro atoms. The van der Waals surface area contributed by atoms with Gasteiger partial charge in [-0.15, -0.1) is 0 Å². The molecule has 0 amide bonds. The molecular formula is C23H27N5O. The highest BCUT2D eigenvalue weighted by Crippen LogP contribution is 2.30. The van der Waals surface area contributed by atoms with E-state index in [2.05, 4.69) is 40.9 Å². The average molecular weight is 390 g/mol. The first-order chi connectivity index (χ1) is 14.1. The molecule has 6 nitrogen and oxygen atoms in total. The molecule has 0 saturated carbocycles. The summed E-state index contributed by atoms with van der Waals surface area (Å²) in [4.78, 5) is 11.3. The number of fused-ring (bicyclic) bond motifs is 1.